The number of nitrogens with one attached hydrogen (secondary N) is 1. The number of hydrogen-bond acceptors (Lipinski definition) is 6. The summed E-state index contributed by atoms with van der Waals surface area (Å²) in [6.45, 7) is 0. The zero-order valence-electron chi connectivity index (χ0n) is 13.2. The van der Waals surface area contributed by atoms with Crippen molar-refractivity contribution in [3.8, 4) is 29.8 Å². The highest BCUT2D eigenvalue weighted by atomic mass is 35.5. The molecule has 0 aliphatic rings. The standard InChI is InChI=1S/C17H7ClF3N5O/c18-15-5-11(17(19,20)21)6-16(26-15)27-13-3-1-12(2-4-13)25-14(9-24)10(7-22)8-23/h1-6,25H. The van der Waals surface area contributed by atoms with E-state index in [2.05, 4.69) is 10.3 Å². The average molecular weight is 390 g/mol. The summed E-state index contributed by atoms with van der Waals surface area (Å²) in [7, 11) is 0. The quantitative estimate of drug-likeness (QED) is 0.595. The third-order valence-electron chi connectivity index (χ3n) is 3.03. The molecule has 1 heterocycles. The predicted octanol–water partition coefficient (Wildman–Crippen LogP) is 4.78. The van der Waals surface area contributed by atoms with Gasteiger partial charge in [-0.3, -0.25) is 0 Å². The lowest BCUT2D eigenvalue weighted by Crippen LogP contribution is -2.05. The fourth-order valence-electron chi connectivity index (χ4n) is 1.84. The van der Waals surface area contributed by atoms with Crippen LogP contribution in [0.15, 0.2) is 47.7 Å². The van der Waals surface area contributed by atoms with Gasteiger partial charge in [0.05, 0.1) is 5.56 Å². The van der Waals surface area contributed by atoms with Crippen LogP contribution in [0, 0.1) is 34.0 Å². The van der Waals surface area contributed by atoms with E-state index in [-0.39, 0.29) is 28.1 Å². The van der Waals surface area contributed by atoms with Crippen molar-refractivity contribution in [2.24, 2.45) is 0 Å². The van der Waals surface area contributed by atoms with Crippen LogP contribution in [0.1, 0.15) is 5.56 Å². The number of hydrogen-bond donors (Lipinski definition) is 1. The van der Waals surface area contributed by atoms with Gasteiger partial charge in [0.25, 0.3) is 0 Å². The molecule has 1 aromatic heterocycles. The Morgan fingerprint density at radius 1 is 1.04 bits per heavy atom. The smallest absolute Gasteiger partial charge is 0.416 e. The van der Waals surface area contributed by atoms with E-state index >= 15 is 0 Å². The lowest BCUT2D eigenvalue weighted by molar-refractivity contribution is -0.137. The van der Waals surface area contributed by atoms with Crippen LogP contribution in [0.4, 0.5) is 18.9 Å². The largest absolute Gasteiger partial charge is 0.439 e. The molecule has 27 heavy (non-hydrogen) atoms. The maximum absolute atomic E-state index is 12.8. The molecule has 0 saturated carbocycles. The summed E-state index contributed by atoms with van der Waals surface area (Å²) >= 11 is 5.59. The molecule has 0 unspecified atom stereocenters. The molecule has 10 heteroatoms. The van der Waals surface area contributed by atoms with E-state index in [1.165, 1.54) is 24.3 Å². The molecule has 0 aliphatic heterocycles. The minimum absolute atomic E-state index is 0.159. The number of allylic oxidation sites excluding steroid dienone is 2. The number of aromatic nitrogens is 1. The molecule has 2 aromatic rings. The molecule has 134 valence electrons. The van der Waals surface area contributed by atoms with Gasteiger partial charge in [-0.05, 0) is 30.3 Å². The Hall–Kier alpha value is -3.74. The predicted molar refractivity (Wildman–Crippen MR) is 88.3 cm³/mol. The highest BCUT2D eigenvalue weighted by Gasteiger charge is 2.31. The van der Waals surface area contributed by atoms with Gasteiger partial charge < -0.3 is 10.1 Å². The number of nitrogens with zero attached hydrogens (tertiary/aromatic N) is 4. The van der Waals surface area contributed by atoms with Crippen LogP contribution in [-0.2, 0) is 6.18 Å². The average Bonchev–Trinajstić information content (AvgIpc) is 2.62. The van der Waals surface area contributed by atoms with Crippen LogP contribution in [0.3, 0.4) is 0 Å². The first kappa shape index (κ1) is 19.6. The molecule has 0 fully saturated rings. The molecule has 6 nitrogen and oxygen atoms in total. The summed E-state index contributed by atoms with van der Waals surface area (Å²) in [6.07, 6.45) is -4.60. The van der Waals surface area contributed by atoms with Crippen molar-refractivity contribution in [3.63, 3.8) is 0 Å². The summed E-state index contributed by atoms with van der Waals surface area (Å²) in [4.78, 5) is 3.68. The van der Waals surface area contributed by atoms with E-state index < -0.39 is 11.7 Å². The molecule has 0 amide bonds. The summed E-state index contributed by atoms with van der Waals surface area (Å²) in [5.41, 5.74) is -1.27. The van der Waals surface area contributed by atoms with Gasteiger partial charge in [0.2, 0.25) is 5.88 Å². The Balaban J connectivity index is 2.22. The topological polar surface area (TPSA) is 106 Å². The summed E-state index contributed by atoms with van der Waals surface area (Å²) in [5, 5.41) is 28.7. The molecule has 0 atom stereocenters. The molecule has 0 bridgehead atoms. The number of ether oxygens (including phenoxy) is 1. The summed E-state index contributed by atoms with van der Waals surface area (Å²) < 4.78 is 43.6. The molecule has 0 aliphatic carbocycles. The highest BCUT2D eigenvalue weighted by molar-refractivity contribution is 6.29. The summed E-state index contributed by atoms with van der Waals surface area (Å²) in [6, 6.07) is 11.9. The lowest BCUT2D eigenvalue weighted by atomic mass is 10.2. The first-order chi connectivity index (χ1) is 12.8. The minimum atomic E-state index is -4.60. The van der Waals surface area contributed by atoms with Gasteiger partial charge in [0.15, 0.2) is 5.57 Å². The van der Waals surface area contributed by atoms with Crippen LogP contribution >= 0.6 is 11.6 Å². The van der Waals surface area contributed by atoms with E-state index in [1.807, 2.05) is 0 Å². The first-order valence-corrected chi connectivity index (χ1v) is 7.39. The van der Waals surface area contributed by atoms with Crippen LogP contribution < -0.4 is 10.1 Å². The van der Waals surface area contributed by atoms with Crippen molar-refractivity contribution in [3.05, 3.63) is 58.4 Å². The van der Waals surface area contributed by atoms with Crippen molar-refractivity contribution >= 4 is 17.3 Å². The van der Waals surface area contributed by atoms with E-state index in [9.17, 15) is 13.2 Å². The number of halogens is 4. The molecule has 1 N–H and O–H groups in total. The Labute approximate surface area is 156 Å². The van der Waals surface area contributed by atoms with Gasteiger partial charge >= 0.3 is 6.18 Å². The fraction of sp³-hybridized carbons (Fsp3) is 0.0588. The molecular formula is C17H7ClF3N5O. The highest BCUT2D eigenvalue weighted by Crippen LogP contribution is 2.33. The van der Waals surface area contributed by atoms with Crippen molar-refractivity contribution in [2.75, 3.05) is 5.32 Å². The Morgan fingerprint density at radius 3 is 2.19 bits per heavy atom. The molecule has 0 spiro atoms. The van der Waals surface area contributed by atoms with Crippen molar-refractivity contribution < 1.29 is 17.9 Å². The second-order valence-corrected chi connectivity index (χ2v) is 5.24. The number of pyridine rings is 1. The van der Waals surface area contributed by atoms with Crippen molar-refractivity contribution in [2.45, 2.75) is 6.18 Å². The van der Waals surface area contributed by atoms with Gasteiger partial charge in [-0.15, -0.1) is 0 Å². The molecular weight excluding hydrogens is 383 g/mol. The van der Waals surface area contributed by atoms with Gasteiger partial charge in [-0.1, -0.05) is 11.6 Å². The number of anilines is 1. The van der Waals surface area contributed by atoms with E-state index in [1.54, 1.807) is 18.2 Å². The normalized spacial score (nSPS) is 10.1. The second kappa shape index (κ2) is 8.09. The zero-order chi connectivity index (χ0) is 20.0. The first-order valence-electron chi connectivity index (χ1n) is 7.01. The van der Waals surface area contributed by atoms with Gasteiger partial charge in [-0.25, -0.2) is 4.98 Å². The molecule has 0 saturated heterocycles. The monoisotopic (exact) mass is 389 g/mol. The van der Waals surface area contributed by atoms with Crippen LogP contribution in [0.25, 0.3) is 0 Å². The van der Waals surface area contributed by atoms with Gasteiger partial charge in [0, 0.05) is 11.8 Å². The Bertz CT molecular complexity index is 995. The van der Waals surface area contributed by atoms with Crippen LogP contribution in [0.5, 0.6) is 11.6 Å². The molecule has 2 rings (SSSR count). The maximum atomic E-state index is 12.8. The maximum Gasteiger partial charge on any atom is 0.416 e. The second-order valence-electron chi connectivity index (χ2n) is 4.85. The van der Waals surface area contributed by atoms with Crippen molar-refractivity contribution in [1.29, 1.82) is 15.8 Å². The molecule has 1 aromatic carbocycles. The zero-order valence-corrected chi connectivity index (χ0v) is 13.9. The number of rotatable bonds is 4. The summed E-state index contributed by atoms with van der Waals surface area (Å²) in [5.74, 6) is -0.184. The Morgan fingerprint density at radius 2 is 1.67 bits per heavy atom. The SMILES string of the molecule is N#CC(C#N)=C(C#N)Nc1ccc(Oc2cc(C(F)(F)F)cc(Cl)n2)cc1. The fourth-order valence-corrected chi connectivity index (χ4v) is 2.04. The number of alkyl halides is 3. The number of benzene rings is 1. The lowest BCUT2D eigenvalue weighted by Gasteiger charge is -2.11. The number of nitriles is 3. The van der Waals surface area contributed by atoms with Gasteiger partial charge in [0.1, 0.15) is 34.8 Å². The van der Waals surface area contributed by atoms with E-state index in [4.69, 9.17) is 32.1 Å². The van der Waals surface area contributed by atoms with Crippen molar-refractivity contribution in [1.82, 2.24) is 4.98 Å². The van der Waals surface area contributed by atoms with Gasteiger partial charge in [-0.2, -0.15) is 29.0 Å². The van der Waals surface area contributed by atoms with E-state index in [0.29, 0.717) is 17.8 Å². The van der Waals surface area contributed by atoms with Crippen LogP contribution in [-0.4, -0.2) is 4.98 Å². The minimum Gasteiger partial charge on any atom is -0.439 e. The third kappa shape index (κ3) is 5.12. The van der Waals surface area contributed by atoms with Crippen LogP contribution in [0.2, 0.25) is 5.15 Å². The third-order valence-corrected chi connectivity index (χ3v) is 3.22. The Kier molecular flexibility index (Phi) is 5.87. The molecule has 0 radical (unpaired) electrons. The van der Waals surface area contributed by atoms with E-state index in [0.717, 1.165) is 0 Å².